The van der Waals surface area contributed by atoms with Crippen LogP contribution in [0.2, 0.25) is 0 Å². The monoisotopic (exact) mass is 365 g/mol. The molecule has 0 radical (unpaired) electrons. The molecule has 0 saturated carbocycles. The first-order valence-electron chi connectivity index (χ1n) is 7.20. The Kier molecular flexibility index (Phi) is 6.51. The highest BCUT2D eigenvalue weighted by Gasteiger charge is 2.05. The van der Waals surface area contributed by atoms with Crippen LogP contribution in [0.25, 0.3) is 0 Å². The Hall–Kier alpha value is -1.07. The first-order chi connectivity index (χ1) is 10.2. The number of aryl methyl sites for hydroxylation is 1. The molecule has 5 heteroatoms. The Morgan fingerprint density at radius 3 is 2.76 bits per heavy atom. The minimum absolute atomic E-state index is 0.784. The summed E-state index contributed by atoms with van der Waals surface area (Å²) in [5, 5.41) is 3.29. The maximum atomic E-state index is 4.66. The van der Waals surface area contributed by atoms with Crippen LogP contribution in [-0.4, -0.2) is 16.5 Å². The van der Waals surface area contributed by atoms with E-state index in [4.69, 9.17) is 0 Å². The number of nitrogens with one attached hydrogen (secondary N) is 1. The molecule has 1 aromatic heterocycles. The summed E-state index contributed by atoms with van der Waals surface area (Å²) in [6, 6.07) is 10.4. The van der Waals surface area contributed by atoms with Crippen LogP contribution in [0.5, 0.6) is 0 Å². The molecule has 1 heterocycles. The lowest BCUT2D eigenvalue weighted by Crippen LogP contribution is -2.05. The van der Waals surface area contributed by atoms with Gasteiger partial charge in [0.25, 0.3) is 0 Å². The summed E-state index contributed by atoms with van der Waals surface area (Å²) in [4.78, 5) is 10.5. The lowest BCUT2D eigenvalue weighted by Gasteiger charge is -2.08. The van der Waals surface area contributed by atoms with Crippen LogP contribution in [0.4, 0.5) is 5.82 Å². The number of benzene rings is 1. The molecular weight excluding hydrogens is 346 g/mol. The van der Waals surface area contributed by atoms with Crippen molar-refractivity contribution in [2.75, 3.05) is 11.9 Å². The molecule has 3 nitrogen and oxygen atoms in total. The minimum atomic E-state index is 0.784. The molecule has 0 bridgehead atoms. The lowest BCUT2D eigenvalue weighted by atomic mass is 10.2. The first-order valence-corrected chi connectivity index (χ1v) is 8.98. The standard InChI is InChI=1S/C16H20BrN3S/c1-3-6-13-10-15(18-4-2)20-16(19-13)11-21-14-8-5-7-12(17)9-14/h5,7-10H,3-4,6,11H2,1-2H3,(H,18,19,20). The molecule has 0 fully saturated rings. The summed E-state index contributed by atoms with van der Waals surface area (Å²) in [5.41, 5.74) is 1.12. The van der Waals surface area contributed by atoms with Gasteiger partial charge in [0.1, 0.15) is 11.6 Å². The Morgan fingerprint density at radius 2 is 2.05 bits per heavy atom. The van der Waals surface area contributed by atoms with E-state index in [2.05, 4.69) is 63.3 Å². The second kappa shape index (κ2) is 8.39. The molecule has 0 saturated heterocycles. The van der Waals surface area contributed by atoms with E-state index in [1.807, 2.05) is 12.1 Å². The number of rotatable bonds is 7. The fourth-order valence-electron chi connectivity index (χ4n) is 1.98. The molecule has 21 heavy (non-hydrogen) atoms. The number of hydrogen-bond acceptors (Lipinski definition) is 4. The smallest absolute Gasteiger partial charge is 0.141 e. The average Bonchev–Trinajstić information content (AvgIpc) is 2.46. The minimum Gasteiger partial charge on any atom is -0.370 e. The van der Waals surface area contributed by atoms with E-state index in [1.165, 1.54) is 4.90 Å². The molecule has 2 rings (SSSR count). The summed E-state index contributed by atoms with van der Waals surface area (Å²) in [6.45, 7) is 5.13. The zero-order valence-electron chi connectivity index (χ0n) is 12.4. The SMILES string of the molecule is CCCc1cc(NCC)nc(CSc2cccc(Br)c2)n1. The van der Waals surface area contributed by atoms with E-state index in [1.54, 1.807) is 11.8 Å². The van der Waals surface area contributed by atoms with Crippen molar-refractivity contribution in [3.05, 3.63) is 46.3 Å². The fraction of sp³-hybridized carbons (Fsp3) is 0.375. The molecule has 0 amide bonds. The number of halogens is 1. The quantitative estimate of drug-likeness (QED) is 0.706. The predicted octanol–water partition coefficient (Wildman–Crippen LogP) is 4.92. The van der Waals surface area contributed by atoms with Gasteiger partial charge in [0.15, 0.2) is 0 Å². The third-order valence-electron chi connectivity index (χ3n) is 2.85. The summed E-state index contributed by atoms with van der Waals surface area (Å²) in [5.74, 6) is 2.61. The second-order valence-corrected chi connectivity index (χ2v) is 6.65. The van der Waals surface area contributed by atoms with Crippen LogP contribution < -0.4 is 5.32 Å². The maximum Gasteiger partial charge on any atom is 0.141 e. The Morgan fingerprint density at radius 1 is 1.19 bits per heavy atom. The largest absolute Gasteiger partial charge is 0.370 e. The van der Waals surface area contributed by atoms with Gasteiger partial charge in [-0.25, -0.2) is 9.97 Å². The van der Waals surface area contributed by atoms with E-state index in [-0.39, 0.29) is 0 Å². The van der Waals surface area contributed by atoms with Crippen molar-refractivity contribution in [1.29, 1.82) is 0 Å². The van der Waals surface area contributed by atoms with Crippen LogP contribution >= 0.6 is 27.7 Å². The van der Waals surface area contributed by atoms with Crippen molar-refractivity contribution >= 4 is 33.5 Å². The van der Waals surface area contributed by atoms with Crippen molar-refractivity contribution in [2.45, 2.75) is 37.3 Å². The molecule has 0 spiro atoms. The van der Waals surface area contributed by atoms with E-state index in [0.717, 1.165) is 46.9 Å². The van der Waals surface area contributed by atoms with Gasteiger partial charge in [-0.05, 0) is 31.5 Å². The number of hydrogen-bond donors (Lipinski definition) is 1. The molecule has 0 unspecified atom stereocenters. The molecule has 0 atom stereocenters. The van der Waals surface area contributed by atoms with Crippen molar-refractivity contribution in [2.24, 2.45) is 0 Å². The van der Waals surface area contributed by atoms with Crippen LogP contribution in [0, 0.1) is 0 Å². The highest BCUT2D eigenvalue weighted by Crippen LogP contribution is 2.25. The second-order valence-electron chi connectivity index (χ2n) is 4.69. The van der Waals surface area contributed by atoms with E-state index >= 15 is 0 Å². The van der Waals surface area contributed by atoms with Crippen molar-refractivity contribution in [3.8, 4) is 0 Å². The third kappa shape index (κ3) is 5.32. The van der Waals surface area contributed by atoms with Crippen molar-refractivity contribution < 1.29 is 0 Å². The molecule has 112 valence electrons. The molecule has 1 aromatic carbocycles. The van der Waals surface area contributed by atoms with Crippen LogP contribution in [0.3, 0.4) is 0 Å². The van der Waals surface area contributed by atoms with E-state index in [9.17, 15) is 0 Å². The summed E-state index contributed by atoms with van der Waals surface area (Å²) in [6.07, 6.45) is 2.09. The van der Waals surface area contributed by atoms with Gasteiger partial charge < -0.3 is 5.32 Å². The van der Waals surface area contributed by atoms with Crippen LogP contribution in [-0.2, 0) is 12.2 Å². The van der Waals surface area contributed by atoms with Gasteiger partial charge in [-0.2, -0.15) is 0 Å². The lowest BCUT2D eigenvalue weighted by molar-refractivity contribution is 0.853. The average molecular weight is 366 g/mol. The topological polar surface area (TPSA) is 37.8 Å². The van der Waals surface area contributed by atoms with Gasteiger partial charge in [0.05, 0.1) is 5.75 Å². The van der Waals surface area contributed by atoms with Gasteiger partial charge in [-0.3, -0.25) is 0 Å². The summed E-state index contributed by atoms with van der Waals surface area (Å²) in [7, 11) is 0. The molecule has 1 N–H and O–H groups in total. The van der Waals surface area contributed by atoms with Crippen LogP contribution in [0.1, 0.15) is 31.8 Å². The number of nitrogens with zero attached hydrogens (tertiary/aromatic N) is 2. The van der Waals surface area contributed by atoms with Gasteiger partial charge in [0.2, 0.25) is 0 Å². The Balaban J connectivity index is 2.10. The van der Waals surface area contributed by atoms with Crippen LogP contribution in [0.15, 0.2) is 39.7 Å². The van der Waals surface area contributed by atoms with E-state index < -0.39 is 0 Å². The zero-order chi connectivity index (χ0) is 15.1. The normalized spacial score (nSPS) is 10.6. The van der Waals surface area contributed by atoms with E-state index in [0.29, 0.717) is 0 Å². The number of thioether (sulfide) groups is 1. The van der Waals surface area contributed by atoms with Gasteiger partial charge in [-0.1, -0.05) is 35.3 Å². The van der Waals surface area contributed by atoms with Gasteiger partial charge in [-0.15, -0.1) is 11.8 Å². The highest BCUT2D eigenvalue weighted by atomic mass is 79.9. The zero-order valence-corrected chi connectivity index (χ0v) is 14.8. The Labute approximate surface area is 139 Å². The predicted molar refractivity (Wildman–Crippen MR) is 93.9 cm³/mol. The number of anilines is 1. The first kappa shape index (κ1) is 16.3. The summed E-state index contributed by atoms with van der Waals surface area (Å²) < 4.78 is 1.10. The summed E-state index contributed by atoms with van der Waals surface area (Å²) >= 11 is 5.26. The molecule has 0 aliphatic carbocycles. The maximum absolute atomic E-state index is 4.66. The van der Waals surface area contributed by atoms with Gasteiger partial charge in [0, 0.05) is 27.7 Å². The molecule has 2 aromatic rings. The third-order valence-corrected chi connectivity index (χ3v) is 4.34. The Bertz CT molecular complexity index is 565. The molecule has 0 aliphatic heterocycles. The highest BCUT2D eigenvalue weighted by molar-refractivity contribution is 9.10. The van der Waals surface area contributed by atoms with Gasteiger partial charge >= 0.3 is 0 Å². The fourth-order valence-corrected chi connectivity index (χ4v) is 3.34. The molecular formula is C16H20BrN3S. The van der Waals surface area contributed by atoms with Crippen molar-refractivity contribution in [3.63, 3.8) is 0 Å². The van der Waals surface area contributed by atoms with Crippen molar-refractivity contribution in [1.82, 2.24) is 9.97 Å². The number of aromatic nitrogens is 2. The molecule has 0 aliphatic rings.